The minimum atomic E-state index is -0.869. The Morgan fingerprint density at radius 1 is 1.40 bits per heavy atom. The first-order valence-corrected chi connectivity index (χ1v) is 7.54. The first kappa shape index (κ1) is 13.4. The molecule has 2 N–H and O–H groups in total. The third-order valence-corrected chi connectivity index (χ3v) is 4.31. The fraction of sp³-hybridized carbons (Fsp3) is 0.286. The van der Waals surface area contributed by atoms with Gasteiger partial charge in [0, 0.05) is 10.1 Å². The molecule has 1 amide bonds. The maximum atomic E-state index is 11.2. The van der Waals surface area contributed by atoms with Crippen LogP contribution in [-0.2, 0) is 0 Å². The summed E-state index contributed by atoms with van der Waals surface area (Å²) in [7, 11) is 0. The van der Waals surface area contributed by atoms with Crippen LogP contribution in [0.4, 0.5) is 4.79 Å². The van der Waals surface area contributed by atoms with Gasteiger partial charge in [0.1, 0.15) is 0 Å². The average molecular weight is 383 g/mol. The summed E-state index contributed by atoms with van der Waals surface area (Å²) in [6.45, 7) is 0.589. The van der Waals surface area contributed by atoms with E-state index in [0.717, 1.165) is 29.8 Å². The molecule has 1 aliphatic rings. The molecule has 1 fully saturated rings. The van der Waals surface area contributed by atoms with Crippen LogP contribution in [0.5, 0.6) is 0 Å². The SMILES string of the molecule is O=C(O)N1CCCC1c1cc(-c2ccc(I)cc2)[nH]n1. The Labute approximate surface area is 130 Å². The van der Waals surface area contributed by atoms with E-state index in [1.165, 1.54) is 8.47 Å². The zero-order chi connectivity index (χ0) is 14.1. The summed E-state index contributed by atoms with van der Waals surface area (Å²) >= 11 is 2.26. The van der Waals surface area contributed by atoms with E-state index >= 15 is 0 Å². The van der Waals surface area contributed by atoms with Gasteiger partial charge in [0.25, 0.3) is 0 Å². The number of aromatic nitrogens is 2. The summed E-state index contributed by atoms with van der Waals surface area (Å²) in [4.78, 5) is 12.7. The highest BCUT2D eigenvalue weighted by Gasteiger charge is 2.31. The first-order valence-electron chi connectivity index (χ1n) is 6.46. The number of rotatable bonds is 2. The number of carbonyl (C=O) groups is 1. The molecule has 104 valence electrons. The summed E-state index contributed by atoms with van der Waals surface area (Å²) in [5.74, 6) is 0. The van der Waals surface area contributed by atoms with Crippen LogP contribution in [0.25, 0.3) is 11.3 Å². The second kappa shape index (κ2) is 5.43. The van der Waals surface area contributed by atoms with E-state index in [2.05, 4.69) is 32.8 Å². The van der Waals surface area contributed by atoms with E-state index in [-0.39, 0.29) is 6.04 Å². The fourth-order valence-corrected chi connectivity index (χ4v) is 2.95. The molecule has 0 spiro atoms. The highest BCUT2D eigenvalue weighted by molar-refractivity contribution is 14.1. The highest BCUT2D eigenvalue weighted by atomic mass is 127. The Balaban J connectivity index is 1.86. The molecule has 20 heavy (non-hydrogen) atoms. The molecule has 1 aromatic heterocycles. The molecular weight excluding hydrogens is 369 g/mol. The van der Waals surface area contributed by atoms with Crippen LogP contribution in [0.1, 0.15) is 24.6 Å². The fourth-order valence-electron chi connectivity index (χ4n) is 2.59. The summed E-state index contributed by atoms with van der Waals surface area (Å²) in [6, 6.07) is 9.96. The van der Waals surface area contributed by atoms with Gasteiger partial charge in [-0.1, -0.05) is 12.1 Å². The van der Waals surface area contributed by atoms with Crippen LogP contribution < -0.4 is 0 Å². The van der Waals surface area contributed by atoms with Gasteiger partial charge in [-0.15, -0.1) is 0 Å². The molecule has 1 saturated heterocycles. The Bertz CT molecular complexity index is 624. The van der Waals surface area contributed by atoms with E-state index in [9.17, 15) is 9.90 Å². The van der Waals surface area contributed by atoms with E-state index in [1.54, 1.807) is 0 Å². The summed E-state index contributed by atoms with van der Waals surface area (Å²) in [6.07, 6.45) is 0.859. The van der Waals surface area contributed by atoms with Crippen molar-refractivity contribution in [1.82, 2.24) is 15.1 Å². The van der Waals surface area contributed by atoms with Gasteiger partial charge in [0.05, 0.1) is 17.4 Å². The number of halogens is 1. The van der Waals surface area contributed by atoms with Crippen LogP contribution >= 0.6 is 22.6 Å². The van der Waals surface area contributed by atoms with Gasteiger partial charge >= 0.3 is 6.09 Å². The van der Waals surface area contributed by atoms with Gasteiger partial charge in [-0.05, 0) is 59.2 Å². The van der Waals surface area contributed by atoms with Gasteiger partial charge in [-0.2, -0.15) is 5.10 Å². The molecular formula is C14H14IN3O2. The third-order valence-electron chi connectivity index (χ3n) is 3.59. The second-order valence-electron chi connectivity index (χ2n) is 4.85. The van der Waals surface area contributed by atoms with Gasteiger partial charge in [-0.3, -0.25) is 10.00 Å². The van der Waals surface area contributed by atoms with Crippen LogP contribution in [0.15, 0.2) is 30.3 Å². The van der Waals surface area contributed by atoms with Crippen molar-refractivity contribution >= 4 is 28.7 Å². The lowest BCUT2D eigenvalue weighted by atomic mass is 10.1. The van der Waals surface area contributed by atoms with Crippen molar-refractivity contribution in [2.75, 3.05) is 6.54 Å². The van der Waals surface area contributed by atoms with Crippen molar-refractivity contribution in [3.8, 4) is 11.3 Å². The number of likely N-dealkylation sites (tertiary alicyclic amines) is 1. The van der Waals surface area contributed by atoms with Gasteiger partial charge in [-0.25, -0.2) is 4.79 Å². The minimum Gasteiger partial charge on any atom is -0.465 e. The van der Waals surface area contributed by atoms with Crippen LogP contribution in [0.2, 0.25) is 0 Å². The number of H-pyrrole nitrogens is 1. The smallest absolute Gasteiger partial charge is 0.407 e. The molecule has 5 nitrogen and oxygen atoms in total. The molecule has 2 heterocycles. The Morgan fingerprint density at radius 2 is 2.15 bits per heavy atom. The normalized spacial score (nSPS) is 18.4. The molecule has 0 aliphatic carbocycles. The standard InChI is InChI=1S/C14H14IN3O2/c15-10-5-3-9(4-6-10)11-8-12(17-16-11)13-2-1-7-18(13)14(19)20/h3-6,8,13H,1-2,7H2,(H,16,17)(H,19,20). The second-order valence-corrected chi connectivity index (χ2v) is 6.09. The van der Waals surface area contributed by atoms with E-state index in [1.807, 2.05) is 30.3 Å². The number of hydrogen-bond acceptors (Lipinski definition) is 2. The number of amides is 1. The van der Waals surface area contributed by atoms with E-state index in [4.69, 9.17) is 0 Å². The first-order chi connectivity index (χ1) is 9.65. The maximum absolute atomic E-state index is 11.2. The molecule has 6 heteroatoms. The van der Waals surface area contributed by atoms with E-state index in [0.29, 0.717) is 6.54 Å². The molecule has 1 atom stereocenters. The lowest BCUT2D eigenvalue weighted by Gasteiger charge is -2.19. The number of hydrogen-bond donors (Lipinski definition) is 2. The van der Waals surface area contributed by atoms with Crippen molar-refractivity contribution in [3.05, 3.63) is 39.6 Å². The van der Waals surface area contributed by atoms with Crippen molar-refractivity contribution in [2.24, 2.45) is 0 Å². The zero-order valence-corrected chi connectivity index (χ0v) is 12.9. The predicted octanol–water partition coefficient (Wildman–Crippen LogP) is 3.50. The number of benzene rings is 1. The summed E-state index contributed by atoms with van der Waals surface area (Å²) in [5.41, 5.74) is 2.79. The molecule has 1 unspecified atom stereocenters. The molecule has 1 aliphatic heterocycles. The van der Waals surface area contributed by atoms with Gasteiger partial charge in [0.15, 0.2) is 0 Å². The molecule has 0 radical (unpaired) electrons. The molecule has 0 bridgehead atoms. The number of nitrogens with zero attached hydrogens (tertiary/aromatic N) is 2. The Kier molecular flexibility index (Phi) is 3.64. The Hall–Kier alpha value is -1.57. The molecule has 3 rings (SSSR count). The number of carboxylic acid groups (broad SMARTS) is 1. The highest BCUT2D eigenvalue weighted by Crippen LogP contribution is 2.32. The van der Waals surface area contributed by atoms with Crippen molar-refractivity contribution in [3.63, 3.8) is 0 Å². The van der Waals surface area contributed by atoms with Crippen LogP contribution in [-0.4, -0.2) is 32.8 Å². The quantitative estimate of drug-likeness (QED) is 0.781. The van der Waals surface area contributed by atoms with Crippen molar-refractivity contribution in [2.45, 2.75) is 18.9 Å². The summed E-state index contributed by atoms with van der Waals surface area (Å²) in [5, 5.41) is 16.5. The zero-order valence-electron chi connectivity index (χ0n) is 10.7. The molecule has 2 aromatic rings. The average Bonchev–Trinajstić information content (AvgIpc) is 3.08. The van der Waals surface area contributed by atoms with Crippen LogP contribution in [0, 0.1) is 3.57 Å². The third kappa shape index (κ3) is 2.52. The Morgan fingerprint density at radius 3 is 2.85 bits per heavy atom. The maximum Gasteiger partial charge on any atom is 0.407 e. The lowest BCUT2D eigenvalue weighted by molar-refractivity contribution is 0.139. The topological polar surface area (TPSA) is 69.2 Å². The van der Waals surface area contributed by atoms with Gasteiger partial charge < -0.3 is 5.11 Å². The number of nitrogens with one attached hydrogen (secondary N) is 1. The van der Waals surface area contributed by atoms with E-state index < -0.39 is 6.09 Å². The monoisotopic (exact) mass is 383 g/mol. The predicted molar refractivity (Wildman–Crippen MR) is 83.4 cm³/mol. The minimum absolute atomic E-state index is 0.124. The van der Waals surface area contributed by atoms with Gasteiger partial charge in [0.2, 0.25) is 0 Å². The number of aromatic amines is 1. The largest absolute Gasteiger partial charge is 0.465 e. The molecule has 1 aromatic carbocycles. The van der Waals surface area contributed by atoms with Crippen LogP contribution in [0.3, 0.4) is 0 Å². The van der Waals surface area contributed by atoms with Crippen molar-refractivity contribution < 1.29 is 9.90 Å². The summed E-state index contributed by atoms with van der Waals surface area (Å²) < 4.78 is 1.18. The lowest BCUT2D eigenvalue weighted by Crippen LogP contribution is -2.28. The molecule has 0 saturated carbocycles. The van der Waals surface area contributed by atoms with Crippen molar-refractivity contribution in [1.29, 1.82) is 0 Å².